The predicted octanol–water partition coefficient (Wildman–Crippen LogP) is 1.11. The zero-order valence-corrected chi connectivity index (χ0v) is 13.8. The Bertz CT molecular complexity index is 651. The van der Waals surface area contributed by atoms with Gasteiger partial charge in [-0.3, -0.25) is 4.79 Å². The molecule has 0 aliphatic carbocycles. The van der Waals surface area contributed by atoms with Gasteiger partial charge in [0.15, 0.2) is 0 Å². The maximum absolute atomic E-state index is 12.3. The van der Waals surface area contributed by atoms with E-state index < -0.39 is 15.6 Å². The second-order valence-corrected chi connectivity index (χ2v) is 7.26. The van der Waals surface area contributed by atoms with E-state index in [4.69, 9.17) is 9.88 Å². The van der Waals surface area contributed by atoms with Crippen molar-refractivity contribution in [3.8, 4) is 0 Å². The SMILES string of the molecule is COCC(C)(C)NC(=O)c1cc(C)c(C)c(S(N)(=O)=O)c1. The van der Waals surface area contributed by atoms with Gasteiger partial charge in [0, 0.05) is 12.7 Å². The third-order valence-corrected chi connectivity index (χ3v) is 4.18. The van der Waals surface area contributed by atoms with Gasteiger partial charge in [0.25, 0.3) is 5.91 Å². The Labute approximate surface area is 125 Å². The van der Waals surface area contributed by atoms with Crippen molar-refractivity contribution in [3.05, 3.63) is 28.8 Å². The van der Waals surface area contributed by atoms with Crippen LogP contribution < -0.4 is 10.5 Å². The van der Waals surface area contributed by atoms with Crippen molar-refractivity contribution < 1.29 is 17.9 Å². The minimum atomic E-state index is -3.87. The molecule has 0 saturated carbocycles. The Hall–Kier alpha value is -1.44. The fraction of sp³-hybridized carbons (Fsp3) is 0.500. The number of hydrogen-bond acceptors (Lipinski definition) is 4. The lowest BCUT2D eigenvalue weighted by molar-refractivity contribution is 0.0819. The summed E-state index contributed by atoms with van der Waals surface area (Å²) in [4.78, 5) is 12.2. The molecule has 0 fully saturated rings. The van der Waals surface area contributed by atoms with Crippen molar-refractivity contribution in [2.75, 3.05) is 13.7 Å². The fourth-order valence-corrected chi connectivity index (χ4v) is 2.91. The molecule has 0 aliphatic heterocycles. The first kappa shape index (κ1) is 17.6. The van der Waals surface area contributed by atoms with Crippen LogP contribution in [-0.2, 0) is 14.8 Å². The summed E-state index contributed by atoms with van der Waals surface area (Å²) in [5.41, 5.74) is 0.930. The number of carbonyl (C=O) groups is 1. The first-order valence-corrected chi connectivity index (χ1v) is 7.98. The molecule has 0 aliphatic rings. The number of aryl methyl sites for hydroxylation is 1. The van der Waals surface area contributed by atoms with Gasteiger partial charge in [0.2, 0.25) is 10.0 Å². The number of nitrogens with two attached hydrogens (primary N) is 1. The first-order valence-electron chi connectivity index (χ1n) is 6.43. The Morgan fingerprint density at radius 3 is 2.38 bits per heavy atom. The molecule has 0 atom stereocenters. The number of ether oxygens (including phenoxy) is 1. The lowest BCUT2D eigenvalue weighted by Crippen LogP contribution is -2.46. The van der Waals surface area contributed by atoms with Crippen molar-refractivity contribution in [3.63, 3.8) is 0 Å². The Morgan fingerprint density at radius 1 is 1.33 bits per heavy atom. The average molecular weight is 314 g/mol. The summed E-state index contributed by atoms with van der Waals surface area (Å²) in [6, 6.07) is 2.94. The molecule has 21 heavy (non-hydrogen) atoms. The number of methoxy groups -OCH3 is 1. The molecule has 0 aromatic heterocycles. The van der Waals surface area contributed by atoms with E-state index in [1.165, 1.54) is 6.07 Å². The van der Waals surface area contributed by atoms with E-state index in [2.05, 4.69) is 5.32 Å². The summed E-state index contributed by atoms with van der Waals surface area (Å²) >= 11 is 0. The van der Waals surface area contributed by atoms with E-state index >= 15 is 0 Å². The molecule has 0 saturated heterocycles. The molecule has 0 spiro atoms. The molecule has 118 valence electrons. The molecule has 6 nitrogen and oxygen atoms in total. The van der Waals surface area contributed by atoms with Crippen LogP contribution in [0.25, 0.3) is 0 Å². The Kier molecular flexibility index (Phi) is 5.14. The second kappa shape index (κ2) is 6.13. The monoisotopic (exact) mass is 314 g/mol. The molecule has 0 bridgehead atoms. The van der Waals surface area contributed by atoms with Crippen molar-refractivity contribution >= 4 is 15.9 Å². The number of amides is 1. The Morgan fingerprint density at radius 2 is 1.90 bits per heavy atom. The van der Waals surface area contributed by atoms with Crippen LogP contribution in [0.15, 0.2) is 17.0 Å². The highest BCUT2D eigenvalue weighted by molar-refractivity contribution is 7.89. The minimum Gasteiger partial charge on any atom is -0.382 e. The molecule has 1 aromatic carbocycles. The zero-order chi connectivity index (χ0) is 16.4. The number of hydrogen-bond donors (Lipinski definition) is 2. The van der Waals surface area contributed by atoms with Gasteiger partial charge in [-0.2, -0.15) is 0 Å². The maximum atomic E-state index is 12.3. The van der Waals surface area contributed by atoms with Crippen LogP contribution in [0.1, 0.15) is 35.3 Å². The molecule has 1 aromatic rings. The molecule has 3 N–H and O–H groups in total. The summed E-state index contributed by atoms with van der Waals surface area (Å²) in [6.45, 7) is 7.37. The van der Waals surface area contributed by atoms with Gasteiger partial charge in [-0.15, -0.1) is 0 Å². The van der Waals surface area contributed by atoms with Crippen molar-refractivity contribution in [2.45, 2.75) is 38.1 Å². The van der Waals surface area contributed by atoms with Crippen LogP contribution in [0.3, 0.4) is 0 Å². The molecular formula is C14H22N2O4S. The number of rotatable bonds is 5. The van der Waals surface area contributed by atoms with Gasteiger partial charge < -0.3 is 10.1 Å². The standard InChI is InChI=1S/C14H22N2O4S/c1-9-6-11(7-12(10(9)2)21(15,18)19)13(17)16-14(3,4)8-20-5/h6-7H,8H2,1-5H3,(H,16,17)(H2,15,18,19). The largest absolute Gasteiger partial charge is 0.382 e. The summed E-state index contributed by atoms with van der Waals surface area (Å²) in [5, 5.41) is 7.99. The second-order valence-electron chi connectivity index (χ2n) is 5.73. The number of nitrogens with one attached hydrogen (secondary N) is 1. The smallest absolute Gasteiger partial charge is 0.251 e. The minimum absolute atomic E-state index is 0.0304. The van der Waals surface area contributed by atoms with Crippen LogP contribution in [0.5, 0.6) is 0 Å². The van der Waals surface area contributed by atoms with Crippen molar-refractivity contribution in [2.24, 2.45) is 5.14 Å². The lowest BCUT2D eigenvalue weighted by atomic mass is 10.0. The molecule has 1 rings (SSSR count). The van der Waals surface area contributed by atoms with Gasteiger partial charge in [0.1, 0.15) is 0 Å². The van der Waals surface area contributed by atoms with Gasteiger partial charge >= 0.3 is 0 Å². The zero-order valence-electron chi connectivity index (χ0n) is 13.0. The van der Waals surface area contributed by atoms with Crippen molar-refractivity contribution in [1.82, 2.24) is 5.32 Å². The highest BCUT2D eigenvalue weighted by atomic mass is 32.2. The number of sulfonamides is 1. The van der Waals surface area contributed by atoms with Crippen molar-refractivity contribution in [1.29, 1.82) is 0 Å². The number of carbonyl (C=O) groups excluding carboxylic acids is 1. The van der Waals surface area contributed by atoms with E-state index in [9.17, 15) is 13.2 Å². The van der Waals surface area contributed by atoms with Crippen LogP contribution in [-0.4, -0.2) is 33.6 Å². The quantitative estimate of drug-likeness (QED) is 0.850. The van der Waals surface area contributed by atoms with Crippen LogP contribution in [0.2, 0.25) is 0 Å². The highest BCUT2D eigenvalue weighted by Gasteiger charge is 2.23. The normalized spacial score (nSPS) is 12.3. The van der Waals surface area contributed by atoms with Gasteiger partial charge in [-0.05, 0) is 51.0 Å². The van der Waals surface area contributed by atoms with Gasteiger partial charge in [-0.25, -0.2) is 13.6 Å². The predicted molar refractivity (Wildman–Crippen MR) is 80.7 cm³/mol. The summed E-state index contributed by atoms with van der Waals surface area (Å²) < 4.78 is 28.2. The van der Waals surface area contributed by atoms with Gasteiger partial charge in [0.05, 0.1) is 17.0 Å². The summed E-state index contributed by atoms with van der Waals surface area (Å²) in [6.07, 6.45) is 0. The van der Waals surface area contributed by atoms with E-state index in [1.807, 2.05) is 13.8 Å². The van der Waals surface area contributed by atoms with Crippen LogP contribution in [0, 0.1) is 13.8 Å². The number of benzene rings is 1. The average Bonchev–Trinajstić information content (AvgIpc) is 2.29. The van der Waals surface area contributed by atoms with E-state index in [1.54, 1.807) is 27.0 Å². The molecule has 0 heterocycles. The van der Waals surface area contributed by atoms with Gasteiger partial charge in [-0.1, -0.05) is 0 Å². The Balaban J connectivity index is 3.21. The highest BCUT2D eigenvalue weighted by Crippen LogP contribution is 2.20. The van der Waals surface area contributed by atoms with Crippen LogP contribution in [0.4, 0.5) is 0 Å². The first-order chi connectivity index (χ1) is 9.48. The molecule has 0 unspecified atom stereocenters. The maximum Gasteiger partial charge on any atom is 0.251 e. The third-order valence-electron chi connectivity index (χ3n) is 3.15. The van der Waals surface area contributed by atoms with Crippen LogP contribution >= 0.6 is 0 Å². The topological polar surface area (TPSA) is 98.5 Å². The molecular weight excluding hydrogens is 292 g/mol. The fourth-order valence-electron chi connectivity index (χ4n) is 2.03. The lowest BCUT2D eigenvalue weighted by Gasteiger charge is -2.25. The molecule has 1 amide bonds. The molecule has 7 heteroatoms. The number of primary sulfonamides is 1. The summed E-state index contributed by atoms with van der Waals surface area (Å²) in [7, 11) is -2.33. The van der Waals surface area contributed by atoms with E-state index in [0.717, 1.165) is 0 Å². The molecule has 0 radical (unpaired) electrons. The summed E-state index contributed by atoms with van der Waals surface area (Å²) in [5.74, 6) is -0.370. The van der Waals surface area contributed by atoms with E-state index in [-0.39, 0.29) is 16.4 Å². The third kappa shape index (κ3) is 4.52. The van der Waals surface area contributed by atoms with E-state index in [0.29, 0.717) is 17.7 Å².